The normalized spacial score (nSPS) is 14.5. The van der Waals surface area contributed by atoms with Crippen molar-refractivity contribution in [3.63, 3.8) is 0 Å². The standard InChI is InChI=1S/C24H26N2O5/c1-29-22-16-20-19(4-3-5-21(20)26(27)28)23(24(22)30-2)18-8-6-17(7-9-18)10-11-25-12-14-31-15-13-25/h3-9,16H,10-15H2,1-2H3. The first-order valence-corrected chi connectivity index (χ1v) is 10.3. The lowest BCUT2D eigenvalue weighted by atomic mass is 9.94. The van der Waals surface area contributed by atoms with Crippen LogP contribution in [0.25, 0.3) is 21.9 Å². The number of rotatable bonds is 7. The van der Waals surface area contributed by atoms with Crippen LogP contribution in [0.3, 0.4) is 0 Å². The molecule has 0 saturated carbocycles. The summed E-state index contributed by atoms with van der Waals surface area (Å²) in [6, 6.07) is 15.1. The van der Waals surface area contributed by atoms with Gasteiger partial charge < -0.3 is 14.2 Å². The molecule has 3 aromatic rings. The predicted molar refractivity (Wildman–Crippen MR) is 120 cm³/mol. The summed E-state index contributed by atoms with van der Waals surface area (Å²) in [6.07, 6.45) is 0.960. The van der Waals surface area contributed by atoms with Gasteiger partial charge in [0.15, 0.2) is 11.5 Å². The second kappa shape index (κ2) is 9.32. The maximum Gasteiger partial charge on any atom is 0.277 e. The monoisotopic (exact) mass is 422 g/mol. The van der Waals surface area contributed by atoms with Crippen LogP contribution in [0, 0.1) is 10.1 Å². The summed E-state index contributed by atoms with van der Waals surface area (Å²) >= 11 is 0. The third kappa shape index (κ3) is 4.33. The number of non-ortho nitro benzene ring substituents is 1. The fraction of sp³-hybridized carbons (Fsp3) is 0.333. The average molecular weight is 422 g/mol. The summed E-state index contributed by atoms with van der Waals surface area (Å²) in [7, 11) is 3.12. The van der Waals surface area contributed by atoms with Gasteiger partial charge >= 0.3 is 0 Å². The van der Waals surface area contributed by atoms with E-state index in [9.17, 15) is 10.1 Å². The molecular weight excluding hydrogens is 396 g/mol. The van der Waals surface area contributed by atoms with E-state index in [1.54, 1.807) is 19.2 Å². The van der Waals surface area contributed by atoms with Crippen LogP contribution < -0.4 is 9.47 Å². The molecule has 7 heteroatoms. The third-order valence-electron chi connectivity index (χ3n) is 5.76. The zero-order valence-corrected chi connectivity index (χ0v) is 17.8. The first-order valence-electron chi connectivity index (χ1n) is 10.3. The van der Waals surface area contributed by atoms with Crippen LogP contribution in [-0.4, -0.2) is 56.9 Å². The van der Waals surface area contributed by atoms with Crippen molar-refractivity contribution in [3.8, 4) is 22.6 Å². The van der Waals surface area contributed by atoms with Gasteiger partial charge in [-0.05, 0) is 23.6 Å². The highest BCUT2D eigenvalue weighted by atomic mass is 16.6. The van der Waals surface area contributed by atoms with Gasteiger partial charge in [0.25, 0.3) is 5.69 Å². The van der Waals surface area contributed by atoms with Gasteiger partial charge in [-0.2, -0.15) is 0 Å². The van der Waals surface area contributed by atoms with E-state index >= 15 is 0 Å². The summed E-state index contributed by atoms with van der Waals surface area (Å²) in [5.41, 5.74) is 3.01. The first kappa shape index (κ1) is 21.1. The molecular formula is C24H26N2O5. The van der Waals surface area contributed by atoms with E-state index in [1.807, 2.05) is 18.2 Å². The van der Waals surface area contributed by atoms with E-state index in [4.69, 9.17) is 14.2 Å². The molecule has 1 fully saturated rings. The minimum atomic E-state index is -0.368. The molecule has 162 valence electrons. The lowest BCUT2D eigenvalue weighted by molar-refractivity contribution is -0.383. The van der Waals surface area contributed by atoms with Gasteiger partial charge in [-0.3, -0.25) is 15.0 Å². The number of benzene rings is 3. The summed E-state index contributed by atoms with van der Waals surface area (Å²) in [6.45, 7) is 4.55. The Bertz CT molecular complexity index is 1080. The van der Waals surface area contributed by atoms with Crippen LogP contribution in [0.1, 0.15) is 5.56 Å². The fourth-order valence-corrected chi connectivity index (χ4v) is 4.12. The molecule has 1 saturated heterocycles. The molecule has 0 radical (unpaired) electrons. The van der Waals surface area contributed by atoms with Crippen LogP contribution >= 0.6 is 0 Å². The van der Waals surface area contributed by atoms with Crippen molar-refractivity contribution in [3.05, 3.63) is 64.2 Å². The molecule has 1 aliphatic heterocycles. The Balaban J connectivity index is 1.72. The van der Waals surface area contributed by atoms with Crippen molar-refractivity contribution < 1.29 is 19.1 Å². The molecule has 0 amide bonds. The summed E-state index contributed by atoms with van der Waals surface area (Å²) in [5, 5.41) is 12.9. The maximum atomic E-state index is 11.6. The SMILES string of the molecule is COc1cc2c([N+](=O)[O-])cccc2c(-c2ccc(CCN3CCOCC3)cc2)c1OC. The lowest BCUT2D eigenvalue weighted by Crippen LogP contribution is -2.37. The largest absolute Gasteiger partial charge is 0.493 e. The van der Waals surface area contributed by atoms with Crippen molar-refractivity contribution in [2.45, 2.75) is 6.42 Å². The smallest absolute Gasteiger partial charge is 0.277 e. The minimum Gasteiger partial charge on any atom is -0.493 e. The molecule has 0 atom stereocenters. The molecule has 0 aliphatic carbocycles. The van der Waals surface area contributed by atoms with E-state index in [-0.39, 0.29) is 10.6 Å². The van der Waals surface area contributed by atoms with E-state index in [1.165, 1.54) is 18.7 Å². The molecule has 0 unspecified atom stereocenters. The van der Waals surface area contributed by atoms with Gasteiger partial charge in [-0.15, -0.1) is 0 Å². The van der Waals surface area contributed by atoms with Crippen LogP contribution in [0.15, 0.2) is 48.5 Å². The summed E-state index contributed by atoms with van der Waals surface area (Å²) in [4.78, 5) is 13.6. The summed E-state index contributed by atoms with van der Waals surface area (Å²) < 4.78 is 16.6. The Labute approximate surface area is 181 Å². The molecule has 0 spiro atoms. The zero-order valence-electron chi connectivity index (χ0n) is 17.8. The number of hydrogen-bond donors (Lipinski definition) is 0. The van der Waals surface area contributed by atoms with Crippen LogP contribution in [0.5, 0.6) is 11.5 Å². The highest BCUT2D eigenvalue weighted by molar-refractivity contribution is 6.05. The van der Waals surface area contributed by atoms with Gasteiger partial charge in [0.05, 0.1) is 37.7 Å². The van der Waals surface area contributed by atoms with Crippen LogP contribution in [-0.2, 0) is 11.2 Å². The van der Waals surface area contributed by atoms with Crippen LogP contribution in [0.2, 0.25) is 0 Å². The molecule has 0 bridgehead atoms. The van der Waals surface area contributed by atoms with Gasteiger partial charge in [-0.1, -0.05) is 36.4 Å². The lowest BCUT2D eigenvalue weighted by Gasteiger charge is -2.26. The highest BCUT2D eigenvalue weighted by Crippen LogP contribution is 2.45. The van der Waals surface area contributed by atoms with E-state index in [2.05, 4.69) is 17.0 Å². The number of nitro groups is 1. The second-order valence-corrected chi connectivity index (χ2v) is 7.52. The van der Waals surface area contributed by atoms with Gasteiger partial charge in [0, 0.05) is 36.7 Å². The number of nitro benzene ring substituents is 1. The van der Waals surface area contributed by atoms with Crippen molar-refractivity contribution in [1.29, 1.82) is 0 Å². The van der Waals surface area contributed by atoms with E-state index in [0.717, 1.165) is 55.8 Å². The van der Waals surface area contributed by atoms with Crippen LogP contribution in [0.4, 0.5) is 5.69 Å². The molecule has 0 aromatic heterocycles. The molecule has 1 aliphatic rings. The van der Waals surface area contributed by atoms with Crippen molar-refractivity contribution in [1.82, 2.24) is 4.90 Å². The number of hydrogen-bond acceptors (Lipinski definition) is 6. The summed E-state index contributed by atoms with van der Waals surface area (Å²) in [5.74, 6) is 1.03. The van der Waals surface area contributed by atoms with Crippen molar-refractivity contribution in [2.24, 2.45) is 0 Å². The number of morpholine rings is 1. The number of fused-ring (bicyclic) bond motifs is 1. The Morgan fingerprint density at radius 3 is 2.42 bits per heavy atom. The molecule has 7 nitrogen and oxygen atoms in total. The quantitative estimate of drug-likeness (QED) is 0.417. The fourth-order valence-electron chi connectivity index (χ4n) is 4.12. The Kier molecular flexibility index (Phi) is 6.34. The highest BCUT2D eigenvalue weighted by Gasteiger charge is 2.21. The van der Waals surface area contributed by atoms with Crippen molar-refractivity contribution in [2.75, 3.05) is 47.1 Å². The molecule has 0 N–H and O–H groups in total. The molecule has 1 heterocycles. The predicted octanol–water partition coefficient (Wildman–Crippen LogP) is 4.31. The van der Waals surface area contributed by atoms with E-state index in [0.29, 0.717) is 16.9 Å². The first-order chi connectivity index (χ1) is 15.1. The third-order valence-corrected chi connectivity index (χ3v) is 5.76. The number of methoxy groups -OCH3 is 2. The number of nitrogens with zero attached hydrogens (tertiary/aromatic N) is 2. The minimum absolute atomic E-state index is 0.0434. The Morgan fingerprint density at radius 2 is 1.77 bits per heavy atom. The topological polar surface area (TPSA) is 74.1 Å². The van der Waals surface area contributed by atoms with Crippen molar-refractivity contribution >= 4 is 16.5 Å². The molecule has 4 rings (SSSR count). The maximum absolute atomic E-state index is 11.6. The second-order valence-electron chi connectivity index (χ2n) is 7.52. The molecule has 3 aromatic carbocycles. The van der Waals surface area contributed by atoms with E-state index < -0.39 is 0 Å². The number of ether oxygens (including phenoxy) is 3. The Morgan fingerprint density at radius 1 is 1.03 bits per heavy atom. The van der Waals surface area contributed by atoms with Gasteiger partial charge in [0.2, 0.25) is 0 Å². The Hall–Kier alpha value is -3.16. The zero-order chi connectivity index (χ0) is 21.8. The van der Waals surface area contributed by atoms with Gasteiger partial charge in [-0.25, -0.2) is 0 Å². The van der Waals surface area contributed by atoms with Gasteiger partial charge in [0.1, 0.15) is 0 Å². The average Bonchev–Trinajstić information content (AvgIpc) is 2.82. The molecule has 31 heavy (non-hydrogen) atoms.